The maximum Gasteiger partial charge on any atom is 0.408 e. The molecule has 1 aromatic carbocycles. The minimum atomic E-state index is -0.957. The van der Waals surface area contributed by atoms with Gasteiger partial charge >= 0.3 is 6.09 Å². The molecular formula is C14H19ClN2O4. The molecule has 0 aliphatic carbocycles. The van der Waals surface area contributed by atoms with Crippen LogP contribution in [-0.2, 0) is 16.0 Å². The van der Waals surface area contributed by atoms with Gasteiger partial charge < -0.3 is 20.9 Å². The van der Waals surface area contributed by atoms with Crippen LogP contribution in [0.5, 0.6) is 5.75 Å². The second kappa shape index (κ2) is 6.67. The first kappa shape index (κ1) is 17.1. The van der Waals surface area contributed by atoms with Gasteiger partial charge in [0.05, 0.1) is 0 Å². The molecule has 0 aliphatic rings. The number of primary amides is 1. The van der Waals surface area contributed by atoms with Crippen molar-refractivity contribution in [2.24, 2.45) is 5.73 Å². The molecule has 2 amide bonds. The maximum atomic E-state index is 11.7. The van der Waals surface area contributed by atoms with Crippen LogP contribution in [0.3, 0.4) is 0 Å². The Kier molecular flexibility index (Phi) is 5.43. The Hall–Kier alpha value is -1.95. The number of aromatic hydroxyl groups is 1. The molecule has 1 aromatic rings. The first-order valence-corrected chi connectivity index (χ1v) is 6.72. The molecule has 1 rings (SSSR count). The SMILES string of the molecule is CC(C)(C)OC(=O)N[C@@H](Cc1ccc(O)cc1Cl)C(N)=O. The second-order valence-corrected chi connectivity index (χ2v) is 5.99. The fraction of sp³-hybridized carbons (Fsp3) is 0.429. The summed E-state index contributed by atoms with van der Waals surface area (Å²) < 4.78 is 5.07. The highest BCUT2D eigenvalue weighted by Crippen LogP contribution is 2.22. The van der Waals surface area contributed by atoms with E-state index in [4.69, 9.17) is 22.1 Å². The monoisotopic (exact) mass is 314 g/mol. The molecule has 0 unspecified atom stereocenters. The van der Waals surface area contributed by atoms with Crippen molar-refractivity contribution in [3.8, 4) is 5.75 Å². The number of carbonyl (C=O) groups is 2. The number of nitrogens with one attached hydrogen (secondary N) is 1. The molecule has 0 heterocycles. The summed E-state index contributed by atoms with van der Waals surface area (Å²) in [5.41, 5.74) is 5.17. The number of phenolic OH excluding ortho intramolecular Hbond substituents is 1. The van der Waals surface area contributed by atoms with E-state index in [2.05, 4.69) is 5.32 Å². The van der Waals surface area contributed by atoms with E-state index in [-0.39, 0.29) is 17.2 Å². The van der Waals surface area contributed by atoms with E-state index in [0.29, 0.717) is 5.56 Å². The van der Waals surface area contributed by atoms with E-state index in [9.17, 15) is 14.7 Å². The topological polar surface area (TPSA) is 102 Å². The Bertz CT molecular complexity index is 540. The number of nitrogens with two attached hydrogens (primary N) is 1. The van der Waals surface area contributed by atoms with E-state index < -0.39 is 23.6 Å². The maximum absolute atomic E-state index is 11.7. The van der Waals surface area contributed by atoms with Gasteiger partial charge in [-0.2, -0.15) is 0 Å². The quantitative estimate of drug-likeness (QED) is 0.790. The lowest BCUT2D eigenvalue weighted by Gasteiger charge is -2.22. The van der Waals surface area contributed by atoms with E-state index >= 15 is 0 Å². The molecule has 0 saturated carbocycles. The Balaban J connectivity index is 2.79. The van der Waals surface area contributed by atoms with Gasteiger partial charge in [-0.25, -0.2) is 4.79 Å². The predicted molar refractivity (Wildman–Crippen MR) is 79.2 cm³/mol. The Labute approximate surface area is 128 Å². The standard InChI is InChI=1S/C14H19ClN2O4/c1-14(2,3)21-13(20)17-11(12(16)19)6-8-4-5-9(18)7-10(8)15/h4-5,7,11,18H,6H2,1-3H3,(H2,16,19)(H,17,20)/t11-/m0/s1. The van der Waals surface area contributed by atoms with Crippen molar-refractivity contribution >= 4 is 23.6 Å². The summed E-state index contributed by atoms with van der Waals surface area (Å²) in [7, 11) is 0. The normalized spacial score (nSPS) is 12.6. The van der Waals surface area contributed by atoms with Gasteiger partial charge in [-0.05, 0) is 38.5 Å². The Morgan fingerprint density at radius 2 is 2.05 bits per heavy atom. The predicted octanol–water partition coefficient (Wildman–Crippen LogP) is 1.97. The van der Waals surface area contributed by atoms with Crippen molar-refractivity contribution in [3.63, 3.8) is 0 Å². The number of carbonyl (C=O) groups excluding carboxylic acids is 2. The van der Waals surface area contributed by atoms with Crippen LogP contribution in [0.4, 0.5) is 4.79 Å². The first-order valence-electron chi connectivity index (χ1n) is 6.34. The zero-order chi connectivity index (χ0) is 16.2. The number of benzene rings is 1. The molecule has 0 saturated heterocycles. The van der Waals surface area contributed by atoms with E-state index in [0.717, 1.165) is 0 Å². The van der Waals surface area contributed by atoms with Crippen molar-refractivity contribution in [1.29, 1.82) is 0 Å². The lowest BCUT2D eigenvalue weighted by atomic mass is 10.1. The van der Waals surface area contributed by atoms with Gasteiger partial charge in [0, 0.05) is 11.4 Å². The van der Waals surface area contributed by atoms with Gasteiger partial charge in [0.2, 0.25) is 5.91 Å². The van der Waals surface area contributed by atoms with Crippen LogP contribution in [-0.4, -0.2) is 28.7 Å². The molecular weight excluding hydrogens is 296 g/mol. The van der Waals surface area contributed by atoms with Crippen molar-refractivity contribution in [2.45, 2.75) is 38.8 Å². The third-order valence-electron chi connectivity index (χ3n) is 2.50. The third kappa shape index (κ3) is 5.91. The summed E-state index contributed by atoms with van der Waals surface area (Å²) >= 11 is 5.97. The number of halogens is 1. The molecule has 116 valence electrons. The summed E-state index contributed by atoms with van der Waals surface area (Å²) in [5.74, 6) is -0.690. The van der Waals surface area contributed by atoms with E-state index in [1.807, 2.05) is 0 Å². The number of hydrogen-bond donors (Lipinski definition) is 3. The highest BCUT2D eigenvalue weighted by Gasteiger charge is 2.23. The minimum absolute atomic E-state index is 0.0134. The number of ether oxygens (including phenoxy) is 1. The minimum Gasteiger partial charge on any atom is -0.508 e. The van der Waals surface area contributed by atoms with Crippen molar-refractivity contribution < 1.29 is 19.4 Å². The van der Waals surface area contributed by atoms with E-state index in [1.165, 1.54) is 12.1 Å². The van der Waals surface area contributed by atoms with Crippen LogP contribution < -0.4 is 11.1 Å². The molecule has 0 bridgehead atoms. The summed E-state index contributed by atoms with van der Waals surface area (Å²) in [6, 6.07) is 3.39. The molecule has 6 nitrogen and oxygen atoms in total. The summed E-state index contributed by atoms with van der Waals surface area (Å²) in [6.07, 6.45) is -0.630. The molecule has 0 fully saturated rings. The van der Waals surface area contributed by atoms with Crippen molar-refractivity contribution in [2.75, 3.05) is 0 Å². The number of hydrogen-bond acceptors (Lipinski definition) is 4. The van der Waals surface area contributed by atoms with Gasteiger partial charge in [-0.1, -0.05) is 17.7 Å². The molecule has 21 heavy (non-hydrogen) atoms. The highest BCUT2D eigenvalue weighted by molar-refractivity contribution is 6.31. The molecule has 0 aromatic heterocycles. The smallest absolute Gasteiger partial charge is 0.408 e. The molecule has 0 radical (unpaired) electrons. The average Bonchev–Trinajstić information content (AvgIpc) is 2.28. The molecule has 0 aliphatic heterocycles. The molecule has 4 N–H and O–H groups in total. The van der Waals surface area contributed by atoms with Gasteiger partial charge in [0.15, 0.2) is 0 Å². The third-order valence-corrected chi connectivity index (χ3v) is 2.85. The Morgan fingerprint density at radius 3 is 2.52 bits per heavy atom. The van der Waals surface area contributed by atoms with Gasteiger partial charge in [-0.3, -0.25) is 4.79 Å². The number of rotatable bonds is 4. The van der Waals surface area contributed by atoms with Gasteiger partial charge in [0.1, 0.15) is 17.4 Å². The van der Waals surface area contributed by atoms with Crippen LogP contribution in [0.1, 0.15) is 26.3 Å². The van der Waals surface area contributed by atoms with Crippen LogP contribution >= 0.6 is 11.6 Å². The van der Waals surface area contributed by atoms with Crippen LogP contribution in [0.25, 0.3) is 0 Å². The van der Waals surface area contributed by atoms with Crippen LogP contribution in [0.2, 0.25) is 5.02 Å². The second-order valence-electron chi connectivity index (χ2n) is 5.58. The summed E-state index contributed by atoms with van der Waals surface area (Å²) in [5, 5.41) is 12.0. The zero-order valence-corrected chi connectivity index (χ0v) is 12.9. The first-order chi connectivity index (χ1) is 9.58. The summed E-state index contributed by atoms with van der Waals surface area (Å²) in [6.45, 7) is 5.13. The largest absolute Gasteiger partial charge is 0.508 e. The van der Waals surface area contributed by atoms with E-state index in [1.54, 1.807) is 26.8 Å². The molecule has 1 atom stereocenters. The molecule has 7 heteroatoms. The molecule has 0 spiro atoms. The van der Waals surface area contributed by atoms with Crippen LogP contribution in [0, 0.1) is 0 Å². The summed E-state index contributed by atoms with van der Waals surface area (Å²) in [4.78, 5) is 23.1. The van der Waals surface area contributed by atoms with Gasteiger partial charge in [-0.15, -0.1) is 0 Å². The fourth-order valence-corrected chi connectivity index (χ4v) is 1.85. The fourth-order valence-electron chi connectivity index (χ4n) is 1.59. The zero-order valence-electron chi connectivity index (χ0n) is 12.1. The highest BCUT2D eigenvalue weighted by atomic mass is 35.5. The lowest BCUT2D eigenvalue weighted by Crippen LogP contribution is -2.47. The van der Waals surface area contributed by atoms with Crippen LogP contribution in [0.15, 0.2) is 18.2 Å². The number of alkyl carbamates (subject to hydrolysis) is 1. The van der Waals surface area contributed by atoms with Gasteiger partial charge in [0.25, 0.3) is 0 Å². The van der Waals surface area contributed by atoms with Crippen molar-refractivity contribution in [1.82, 2.24) is 5.32 Å². The average molecular weight is 315 g/mol. The number of amides is 2. The lowest BCUT2D eigenvalue weighted by molar-refractivity contribution is -0.120. The van der Waals surface area contributed by atoms with Crippen molar-refractivity contribution in [3.05, 3.63) is 28.8 Å². The number of phenols is 1. The Morgan fingerprint density at radius 1 is 1.43 bits per heavy atom.